The highest BCUT2D eigenvalue weighted by atomic mass is 16.5. The van der Waals surface area contributed by atoms with Crippen molar-refractivity contribution < 1.29 is 14.3 Å². The standard InChI is InChI=1S/C13H18O3/c1-9(2)13(14)16-10(3)11-6-5-7-12(8-11)15-4/h5-10H,1-4H3/t10-/m0/s1. The van der Waals surface area contributed by atoms with E-state index in [4.69, 9.17) is 9.47 Å². The average Bonchev–Trinajstić information content (AvgIpc) is 2.28. The summed E-state index contributed by atoms with van der Waals surface area (Å²) in [6.45, 7) is 5.50. The number of carbonyl (C=O) groups excluding carboxylic acids is 1. The van der Waals surface area contributed by atoms with E-state index in [2.05, 4.69) is 0 Å². The van der Waals surface area contributed by atoms with Gasteiger partial charge in [0.05, 0.1) is 13.0 Å². The fourth-order valence-electron chi connectivity index (χ4n) is 1.27. The average molecular weight is 222 g/mol. The molecule has 88 valence electrons. The van der Waals surface area contributed by atoms with Gasteiger partial charge in [0.1, 0.15) is 11.9 Å². The minimum Gasteiger partial charge on any atom is -0.497 e. The Morgan fingerprint density at radius 1 is 1.25 bits per heavy atom. The lowest BCUT2D eigenvalue weighted by atomic mass is 10.1. The lowest BCUT2D eigenvalue weighted by Gasteiger charge is -2.15. The molecular formula is C13H18O3. The molecule has 0 fully saturated rings. The van der Waals surface area contributed by atoms with E-state index in [0.29, 0.717) is 0 Å². The van der Waals surface area contributed by atoms with Crippen molar-refractivity contribution in [2.75, 3.05) is 7.11 Å². The molecule has 0 radical (unpaired) electrons. The largest absolute Gasteiger partial charge is 0.497 e. The third-order valence-corrected chi connectivity index (χ3v) is 2.33. The van der Waals surface area contributed by atoms with E-state index in [1.165, 1.54) is 0 Å². The van der Waals surface area contributed by atoms with Crippen LogP contribution >= 0.6 is 0 Å². The van der Waals surface area contributed by atoms with Crippen molar-refractivity contribution in [3.05, 3.63) is 29.8 Å². The van der Waals surface area contributed by atoms with Crippen molar-refractivity contribution in [2.45, 2.75) is 26.9 Å². The fourth-order valence-corrected chi connectivity index (χ4v) is 1.27. The van der Waals surface area contributed by atoms with Gasteiger partial charge < -0.3 is 9.47 Å². The second-order valence-electron chi connectivity index (χ2n) is 4.01. The summed E-state index contributed by atoms with van der Waals surface area (Å²) in [7, 11) is 1.61. The molecule has 0 bridgehead atoms. The summed E-state index contributed by atoms with van der Waals surface area (Å²) >= 11 is 0. The van der Waals surface area contributed by atoms with Gasteiger partial charge in [-0.2, -0.15) is 0 Å². The quantitative estimate of drug-likeness (QED) is 0.735. The molecule has 1 rings (SSSR count). The van der Waals surface area contributed by atoms with E-state index in [1.54, 1.807) is 7.11 Å². The molecule has 0 heterocycles. The number of esters is 1. The smallest absolute Gasteiger partial charge is 0.308 e. The Morgan fingerprint density at radius 2 is 1.94 bits per heavy atom. The minimum absolute atomic E-state index is 0.104. The first-order valence-electron chi connectivity index (χ1n) is 5.39. The van der Waals surface area contributed by atoms with Crippen LogP contribution in [0.5, 0.6) is 5.75 Å². The summed E-state index contributed by atoms with van der Waals surface area (Å²) in [6, 6.07) is 7.54. The number of methoxy groups -OCH3 is 1. The second-order valence-corrected chi connectivity index (χ2v) is 4.01. The Morgan fingerprint density at radius 3 is 2.50 bits per heavy atom. The molecular weight excluding hydrogens is 204 g/mol. The van der Waals surface area contributed by atoms with Gasteiger partial charge in [-0.05, 0) is 24.6 Å². The number of rotatable bonds is 4. The molecule has 0 unspecified atom stereocenters. The van der Waals surface area contributed by atoms with Gasteiger partial charge >= 0.3 is 5.97 Å². The number of hydrogen-bond acceptors (Lipinski definition) is 3. The maximum absolute atomic E-state index is 11.4. The van der Waals surface area contributed by atoms with Crippen LogP contribution in [0.25, 0.3) is 0 Å². The molecule has 1 aromatic rings. The van der Waals surface area contributed by atoms with Crippen molar-refractivity contribution in [1.82, 2.24) is 0 Å². The molecule has 0 saturated carbocycles. The van der Waals surface area contributed by atoms with E-state index >= 15 is 0 Å². The first kappa shape index (κ1) is 12.6. The zero-order valence-electron chi connectivity index (χ0n) is 10.2. The lowest BCUT2D eigenvalue weighted by molar-refractivity contribution is -0.152. The zero-order valence-corrected chi connectivity index (χ0v) is 10.2. The molecule has 0 aliphatic heterocycles. The predicted molar refractivity (Wildman–Crippen MR) is 62.3 cm³/mol. The van der Waals surface area contributed by atoms with E-state index < -0.39 is 0 Å². The van der Waals surface area contributed by atoms with Gasteiger partial charge in [-0.1, -0.05) is 26.0 Å². The Kier molecular flexibility index (Phi) is 4.35. The second kappa shape index (κ2) is 5.54. The SMILES string of the molecule is COc1cccc([C@H](C)OC(=O)C(C)C)c1. The zero-order chi connectivity index (χ0) is 12.1. The summed E-state index contributed by atoms with van der Waals surface area (Å²) in [5.41, 5.74) is 0.938. The summed E-state index contributed by atoms with van der Waals surface area (Å²) < 4.78 is 10.4. The van der Waals surface area contributed by atoms with Gasteiger partial charge in [-0.15, -0.1) is 0 Å². The van der Waals surface area contributed by atoms with Gasteiger partial charge in [0.15, 0.2) is 0 Å². The minimum atomic E-state index is -0.245. The highest BCUT2D eigenvalue weighted by molar-refractivity contribution is 5.71. The molecule has 1 aromatic carbocycles. The third-order valence-electron chi connectivity index (χ3n) is 2.33. The van der Waals surface area contributed by atoms with Crippen LogP contribution in [-0.2, 0) is 9.53 Å². The monoisotopic (exact) mass is 222 g/mol. The number of hydrogen-bond donors (Lipinski definition) is 0. The lowest BCUT2D eigenvalue weighted by Crippen LogP contribution is -2.14. The van der Waals surface area contributed by atoms with Crippen LogP contribution in [-0.4, -0.2) is 13.1 Å². The molecule has 3 heteroatoms. The van der Waals surface area contributed by atoms with Crippen molar-refractivity contribution in [2.24, 2.45) is 5.92 Å². The van der Waals surface area contributed by atoms with E-state index in [1.807, 2.05) is 45.0 Å². The molecule has 0 spiro atoms. The van der Waals surface area contributed by atoms with Crippen LogP contribution in [0, 0.1) is 5.92 Å². The van der Waals surface area contributed by atoms with Crippen molar-refractivity contribution in [3.63, 3.8) is 0 Å². The van der Waals surface area contributed by atoms with Crippen LogP contribution in [0.4, 0.5) is 0 Å². The molecule has 0 aromatic heterocycles. The van der Waals surface area contributed by atoms with Crippen LogP contribution in [0.1, 0.15) is 32.4 Å². The van der Waals surface area contributed by atoms with E-state index in [0.717, 1.165) is 11.3 Å². The fraction of sp³-hybridized carbons (Fsp3) is 0.462. The topological polar surface area (TPSA) is 35.5 Å². The Bertz CT molecular complexity index is 358. The molecule has 1 atom stereocenters. The molecule has 0 N–H and O–H groups in total. The molecule has 16 heavy (non-hydrogen) atoms. The van der Waals surface area contributed by atoms with Gasteiger partial charge in [-0.3, -0.25) is 4.79 Å². The molecule has 0 aliphatic carbocycles. The Labute approximate surface area is 96.4 Å². The maximum atomic E-state index is 11.4. The highest BCUT2D eigenvalue weighted by Gasteiger charge is 2.14. The highest BCUT2D eigenvalue weighted by Crippen LogP contribution is 2.22. The van der Waals surface area contributed by atoms with Crippen LogP contribution in [0.15, 0.2) is 24.3 Å². The molecule has 0 amide bonds. The van der Waals surface area contributed by atoms with Gasteiger partial charge in [-0.25, -0.2) is 0 Å². The van der Waals surface area contributed by atoms with Crippen molar-refractivity contribution in [1.29, 1.82) is 0 Å². The molecule has 3 nitrogen and oxygen atoms in total. The van der Waals surface area contributed by atoms with E-state index in [-0.39, 0.29) is 18.0 Å². The maximum Gasteiger partial charge on any atom is 0.308 e. The number of benzene rings is 1. The summed E-state index contributed by atoms with van der Waals surface area (Å²) in [4.78, 5) is 11.4. The first-order chi connectivity index (χ1) is 7.54. The van der Waals surface area contributed by atoms with Crippen molar-refractivity contribution >= 4 is 5.97 Å². The third kappa shape index (κ3) is 3.26. The Hall–Kier alpha value is -1.51. The van der Waals surface area contributed by atoms with Crippen LogP contribution < -0.4 is 4.74 Å². The number of carbonyl (C=O) groups is 1. The summed E-state index contributed by atoms with van der Waals surface area (Å²) in [5.74, 6) is 0.480. The van der Waals surface area contributed by atoms with Gasteiger partial charge in [0, 0.05) is 0 Å². The first-order valence-corrected chi connectivity index (χ1v) is 5.39. The van der Waals surface area contributed by atoms with Crippen LogP contribution in [0.2, 0.25) is 0 Å². The van der Waals surface area contributed by atoms with Gasteiger partial charge in [0.25, 0.3) is 0 Å². The predicted octanol–water partition coefficient (Wildman–Crippen LogP) is 2.96. The van der Waals surface area contributed by atoms with E-state index in [9.17, 15) is 4.79 Å². The summed E-state index contributed by atoms with van der Waals surface area (Å²) in [5, 5.41) is 0. The number of ether oxygens (including phenoxy) is 2. The Balaban J connectivity index is 2.72. The molecule has 0 saturated heterocycles. The van der Waals surface area contributed by atoms with Crippen molar-refractivity contribution in [3.8, 4) is 5.75 Å². The van der Waals surface area contributed by atoms with Gasteiger partial charge in [0.2, 0.25) is 0 Å². The normalized spacial score (nSPS) is 12.3. The molecule has 0 aliphatic rings. The summed E-state index contributed by atoms with van der Waals surface area (Å²) in [6.07, 6.45) is -0.245. The van der Waals surface area contributed by atoms with Crippen LogP contribution in [0.3, 0.4) is 0 Å².